The van der Waals surface area contributed by atoms with Gasteiger partial charge in [0.2, 0.25) is 0 Å². The molecular formula is C12H14N2O3S. The molecule has 0 aliphatic heterocycles. The molecule has 1 aromatic heterocycles. The highest BCUT2D eigenvalue weighted by atomic mass is 32.1. The topological polar surface area (TPSA) is 70.5 Å². The van der Waals surface area contributed by atoms with Crippen molar-refractivity contribution in [1.82, 2.24) is 9.88 Å². The summed E-state index contributed by atoms with van der Waals surface area (Å²) in [6.45, 7) is -0.222. The van der Waals surface area contributed by atoms with Gasteiger partial charge in [0.25, 0.3) is 5.91 Å². The number of hydrogen-bond donors (Lipinski definition) is 1. The fourth-order valence-corrected chi connectivity index (χ4v) is 2.91. The molecule has 2 saturated carbocycles. The number of aliphatic carboxylic acids is 1. The number of thiazole rings is 1. The van der Waals surface area contributed by atoms with E-state index < -0.39 is 5.97 Å². The minimum atomic E-state index is -0.965. The van der Waals surface area contributed by atoms with Gasteiger partial charge in [0.1, 0.15) is 12.2 Å². The highest BCUT2D eigenvalue weighted by molar-refractivity contribution is 7.10. The van der Waals surface area contributed by atoms with Gasteiger partial charge in [0.15, 0.2) is 0 Å². The number of carbonyl (C=O) groups excluding carboxylic acids is 1. The van der Waals surface area contributed by atoms with Crippen LogP contribution in [0.5, 0.6) is 0 Å². The first-order valence-corrected chi connectivity index (χ1v) is 7.01. The fraction of sp³-hybridized carbons (Fsp3) is 0.583. The highest BCUT2D eigenvalue weighted by Crippen LogP contribution is 2.41. The molecule has 0 atom stereocenters. The average molecular weight is 266 g/mol. The zero-order valence-corrected chi connectivity index (χ0v) is 10.7. The van der Waals surface area contributed by atoms with Gasteiger partial charge in [0, 0.05) is 17.3 Å². The second kappa shape index (κ2) is 4.35. The summed E-state index contributed by atoms with van der Waals surface area (Å²) < 4.78 is 0. The van der Waals surface area contributed by atoms with Gasteiger partial charge in [-0.15, -0.1) is 11.3 Å². The second-order valence-electron chi connectivity index (χ2n) is 4.90. The summed E-state index contributed by atoms with van der Waals surface area (Å²) >= 11 is 1.51. The lowest BCUT2D eigenvalue weighted by Crippen LogP contribution is -2.37. The van der Waals surface area contributed by atoms with Crippen molar-refractivity contribution >= 4 is 23.2 Å². The number of nitrogens with zero attached hydrogens (tertiary/aromatic N) is 2. The second-order valence-corrected chi connectivity index (χ2v) is 5.79. The number of hydrogen-bond acceptors (Lipinski definition) is 4. The summed E-state index contributed by atoms with van der Waals surface area (Å²) in [5, 5.41) is 11.6. The molecule has 1 amide bonds. The Hall–Kier alpha value is -1.43. The maximum absolute atomic E-state index is 12.2. The smallest absolute Gasteiger partial charge is 0.323 e. The third-order valence-corrected chi connectivity index (χ3v) is 4.23. The van der Waals surface area contributed by atoms with E-state index in [0.29, 0.717) is 11.6 Å². The van der Waals surface area contributed by atoms with E-state index in [1.54, 1.807) is 5.38 Å². The average Bonchev–Trinajstić information content (AvgIpc) is 3.24. The molecule has 0 radical (unpaired) electrons. The number of amides is 1. The number of carboxylic acid groups (broad SMARTS) is 1. The summed E-state index contributed by atoms with van der Waals surface area (Å²) in [5.74, 6) is -0.665. The Morgan fingerprint density at radius 2 is 2.11 bits per heavy atom. The van der Waals surface area contributed by atoms with E-state index in [2.05, 4.69) is 4.98 Å². The molecule has 0 spiro atoms. The summed E-state index contributed by atoms with van der Waals surface area (Å²) in [4.78, 5) is 28.8. The molecule has 0 unspecified atom stereocenters. The van der Waals surface area contributed by atoms with E-state index in [9.17, 15) is 9.59 Å². The van der Waals surface area contributed by atoms with Crippen LogP contribution in [0.4, 0.5) is 0 Å². The van der Waals surface area contributed by atoms with E-state index in [0.717, 1.165) is 30.7 Å². The van der Waals surface area contributed by atoms with E-state index in [1.807, 2.05) is 0 Å². The quantitative estimate of drug-likeness (QED) is 0.880. The van der Waals surface area contributed by atoms with Gasteiger partial charge >= 0.3 is 5.97 Å². The summed E-state index contributed by atoms with van der Waals surface area (Å²) in [5.41, 5.74) is 0.412. The summed E-state index contributed by atoms with van der Waals surface area (Å²) in [7, 11) is 0. The summed E-state index contributed by atoms with van der Waals surface area (Å²) in [6.07, 6.45) is 4.11. The van der Waals surface area contributed by atoms with E-state index >= 15 is 0 Å². The van der Waals surface area contributed by atoms with Gasteiger partial charge in [-0.3, -0.25) is 9.59 Å². The third-order valence-electron chi connectivity index (χ3n) is 3.22. The first kappa shape index (κ1) is 11.6. The predicted octanol–water partition coefficient (Wildman–Crippen LogP) is 1.71. The Kier molecular flexibility index (Phi) is 2.81. The number of aromatic nitrogens is 1. The monoisotopic (exact) mass is 266 g/mol. The molecule has 0 bridgehead atoms. The molecule has 2 aliphatic carbocycles. The van der Waals surface area contributed by atoms with Gasteiger partial charge in [-0.25, -0.2) is 4.98 Å². The molecule has 1 N–H and O–H groups in total. The lowest BCUT2D eigenvalue weighted by atomic mass is 10.3. The minimum Gasteiger partial charge on any atom is -0.480 e. The summed E-state index contributed by atoms with van der Waals surface area (Å²) in [6, 6.07) is 0.0969. The Morgan fingerprint density at radius 3 is 2.67 bits per heavy atom. The molecule has 1 heterocycles. The largest absolute Gasteiger partial charge is 0.480 e. The SMILES string of the molecule is O=C(O)CN(C(=O)c1csc(C2CC2)n1)C1CC1. The lowest BCUT2D eigenvalue weighted by Gasteiger charge is -2.18. The van der Waals surface area contributed by atoms with Crippen LogP contribution in [0.3, 0.4) is 0 Å². The van der Waals surface area contributed by atoms with Crippen molar-refractivity contribution in [3.63, 3.8) is 0 Å². The molecule has 1 aromatic rings. The van der Waals surface area contributed by atoms with Gasteiger partial charge in [-0.2, -0.15) is 0 Å². The van der Waals surface area contributed by atoms with Gasteiger partial charge in [-0.1, -0.05) is 0 Å². The van der Waals surface area contributed by atoms with Crippen molar-refractivity contribution in [1.29, 1.82) is 0 Å². The van der Waals surface area contributed by atoms with Gasteiger partial charge < -0.3 is 10.0 Å². The Bertz CT molecular complexity index is 491. The molecule has 2 aliphatic rings. The van der Waals surface area contributed by atoms with Crippen LogP contribution in [-0.2, 0) is 4.79 Å². The van der Waals surface area contributed by atoms with Crippen LogP contribution in [0.1, 0.15) is 47.1 Å². The molecule has 18 heavy (non-hydrogen) atoms. The van der Waals surface area contributed by atoms with E-state index in [4.69, 9.17) is 5.11 Å². The van der Waals surface area contributed by atoms with Crippen LogP contribution in [0.15, 0.2) is 5.38 Å². The molecular weight excluding hydrogens is 252 g/mol. The van der Waals surface area contributed by atoms with Crippen LogP contribution in [0.2, 0.25) is 0 Å². The molecule has 0 aromatic carbocycles. The Morgan fingerprint density at radius 1 is 1.39 bits per heavy atom. The van der Waals surface area contributed by atoms with Crippen LogP contribution >= 0.6 is 11.3 Å². The number of carbonyl (C=O) groups is 2. The van der Waals surface area contributed by atoms with E-state index in [-0.39, 0.29) is 18.5 Å². The van der Waals surface area contributed by atoms with E-state index in [1.165, 1.54) is 16.2 Å². The molecule has 5 nitrogen and oxygen atoms in total. The normalized spacial score (nSPS) is 18.7. The number of rotatable bonds is 5. The molecule has 0 saturated heterocycles. The number of carboxylic acids is 1. The third kappa shape index (κ3) is 2.38. The van der Waals surface area contributed by atoms with Crippen molar-refractivity contribution in [2.75, 3.05) is 6.54 Å². The van der Waals surface area contributed by atoms with Crippen LogP contribution in [0, 0.1) is 0 Å². The van der Waals surface area contributed by atoms with Crippen molar-refractivity contribution < 1.29 is 14.7 Å². The van der Waals surface area contributed by atoms with Crippen LogP contribution in [0.25, 0.3) is 0 Å². The maximum Gasteiger partial charge on any atom is 0.323 e. The molecule has 3 rings (SSSR count). The molecule has 96 valence electrons. The maximum atomic E-state index is 12.2. The zero-order valence-electron chi connectivity index (χ0n) is 9.83. The van der Waals surface area contributed by atoms with Crippen molar-refractivity contribution in [2.24, 2.45) is 0 Å². The predicted molar refractivity (Wildman–Crippen MR) is 65.8 cm³/mol. The van der Waals surface area contributed by atoms with Crippen LogP contribution in [-0.4, -0.2) is 39.5 Å². The van der Waals surface area contributed by atoms with Crippen molar-refractivity contribution in [3.8, 4) is 0 Å². The van der Waals surface area contributed by atoms with Crippen molar-refractivity contribution in [2.45, 2.75) is 37.6 Å². The highest BCUT2D eigenvalue weighted by Gasteiger charge is 2.36. The molecule has 2 fully saturated rings. The zero-order chi connectivity index (χ0) is 12.7. The van der Waals surface area contributed by atoms with Gasteiger partial charge in [0.05, 0.1) is 5.01 Å². The first-order valence-electron chi connectivity index (χ1n) is 6.13. The molecule has 6 heteroatoms. The van der Waals surface area contributed by atoms with Crippen LogP contribution < -0.4 is 0 Å². The van der Waals surface area contributed by atoms with Crippen molar-refractivity contribution in [3.05, 3.63) is 16.1 Å². The Labute approximate surface area is 108 Å². The van der Waals surface area contributed by atoms with Gasteiger partial charge in [-0.05, 0) is 25.7 Å². The fourth-order valence-electron chi connectivity index (χ4n) is 1.95. The lowest BCUT2D eigenvalue weighted by molar-refractivity contribution is -0.137. The minimum absolute atomic E-state index is 0.0969. The standard InChI is InChI=1S/C12H14N2O3S/c15-10(16)5-14(8-3-4-8)12(17)9-6-18-11(13-9)7-1-2-7/h6-8H,1-5H2,(H,15,16). The Balaban J connectivity index is 1.75. The first-order chi connectivity index (χ1) is 8.65.